The van der Waals surface area contributed by atoms with Crippen LogP contribution >= 0.6 is 0 Å². The standard InChI is InChI=1S/C16H18N2O6/c1-4-14(19)24-9-12-15(16(20)22-3)18(21)13-8-10(23-5-2)6-7-11(13)17-12/h6-8H,4-5,9H2,1-3H3. The molecule has 0 fully saturated rings. The van der Waals surface area contributed by atoms with E-state index in [0.29, 0.717) is 22.6 Å². The highest BCUT2D eigenvalue weighted by atomic mass is 16.5. The summed E-state index contributed by atoms with van der Waals surface area (Å²) in [5, 5.41) is 12.6. The largest absolute Gasteiger partial charge is 0.618 e. The van der Waals surface area contributed by atoms with E-state index in [1.54, 1.807) is 19.1 Å². The van der Waals surface area contributed by atoms with Gasteiger partial charge in [0.15, 0.2) is 5.69 Å². The molecule has 8 nitrogen and oxygen atoms in total. The van der Waals surface area contributed by atoms with Crippen molar-refractivity contribution in [3.8, 4) is 5.75 Å². The van der Waals surface area contributed by atoms with Crippen molar-refractivity contribution < 1.29 is 28.5 Å². The van der Waals surface area contributed by atoms with Crippen LogP contribution in [0.3, 0.4) is 0 Å². The summed E-state index contributed by atoms with van der Waals surface area (Å²) in [4.78, 5) is 27.6. The number of esters is 2. The predicted molar refractivity (Wildman–Crippen MR) is 83.3 cm³/mol. The number of nitrogens with zero attached hydrogens (tertiary/aromatic N) is 2. The number of fused-ring (bicyclic) bond motifs is 1. The number of hydrogen-bond acceptors (Lipinski definition) is 7. The van der Waals surface area contributed by atoms with Gasteiger partial charge in [-0.05, 0) is 19.1 Å². The third kappa shape index (κ3) is 3.53. The van der Waals surface area contributed by atoms with Gasteiger partial charge in [-0.25, -0.2) is 9.78 Å². The van der Waals surface area contributed by atoms with Crippen LogP contribution in [0.15, 0.2) is 18.2 Å². The van der Waals surface area contributed by atoms with Crippen LogP contribution in [0.4, 0.5) is 0 Å². The second kappa shape index (κ2) is 7.58. The molecule has 24 heavy (non-hydrogen) atoms. The van der Waals surface area contributed by atoms with Gasteiger partial charge < -0.3 is 19.4 Å². The number of carbonyl (C=O) groups is 2. The lowest BCUT2D eigenvalue weighted by Crippen LogP contribution is -2.38. The first-order valence-corrected chi connectivity index (χ1v) is 7.44. The summed E-state index contributed by atoms with van der Waals surface area (Å²) < 4.78 is 15.4. The highest BCUT2D eigenvalue weighted by Gasteiger charge is 2.28. The van der Waals surface area contributed by atoms with Crippen molar-refractivity contribution in [2.75, 3.05) is 13.7 Å². The molecule has 0 atom stereocenters. The molecule has 128 valence electrons. The Hall–Kier alpha value is -2.90. The normalized spacial score (nSPS) is 10.5. The molecule has 2 aromatic rings. The maximum Gasteiger partial charge on any atom is 0.406 e. The molecule has 0 bridgehead atoms. The Bertz CT molecular complexity index is 775. The molecule has 1 aromatic carbocycles. The Morgan fingerprint density at radius 3 is 2.67 bits per heavy atom. The average Bonchev–Trinajstić information content (AvgIpc) is 2.59. The molecule has 1 aromatic heterocycles. The zero-order chi connectivity index (χ0) is 17.7. The summed E-state index contributed by atoms with van der Waals surface area (Å²) in [6, 6.07) is 4.76. The van der Waals surface area contributed by atoms with Gasteiger partial charge in [-0.15, -0.1) is 0 Å². The van der Waals surface area contributed by atoms with Crippen LogP contribution < -0.4 is 9.47 Å². The highest BCUT2D eigenvalue weighted by Crippen LogP contribution is 2.19. The number of ether oxygens (including phenoxy) is 3. The molecule has 8 heteroatoms. The van der Waals surface area contributed by atoms with Crippen molar-refractivity contribution in [3.63, 3.8) is 0 Å². The molecular weight excluding hydrogens is 316 g/mol. The lowest BCUT2D eigenvalue weighted by Gasteiger charge is -2.11. The van der Waals surface area contributed by atoms with E-state index in [0.717, 1.165) is 7.11 Å². The number of methoxy groups -OCH3 is 1. The summed E-state index contributed by atoms with van der Waals surface area (Å²) in [6.07, 6.45) is 0.177. The summed E-state index contributed by atoms with van der Waals surface area (Å²) >= 11 is 0. The van der Waals surface area contributed by atoms with E-state index < -0.39 is 11.9 Å². The molecule has 0 spiro atoms. The van der Waals surface area contributed by atoms with Gasteiger partial charge in [-0.2, -0.15) is 4.73 Å². The Labute approximate surface area is 138 Å². The fourth-order valence-electron chi connectivity index (χ4n) is 2.10. The number of benzene rings is 1. The zero-order valence-corrected chi connectivity index (χ0v) is 13.7. The van der Waals surface area contributed by atoms with E-state index in [9.17, 15) is 14.8 Å². The molecule has 0 N–H and O–H groups in total. The van der Waals surface area contributed by atoms with E-state index in [-0.39, 0.29) is 29.9 Å². The van der Waals surface area contributed by atoms with Crippen LogP contribution in [-0.2, 0) is 20.9 Å². The third-order valence-electron chi connectivity index (χ3n) is 3.25. The Kier molecular flexibility index (Phi) is 5.51. The zero-order valence-electron chi connectivity index (χ0n) is 13.7. The van der Waals surface area contributed by atoms with Crippen LogP contribution in [0, 0.1) is 5.21 Å². The number of hydrogen-bond donors (Lipinski definition) is 0. The fourth-order valence-corrected chi connectivity index (χ4v) is 2.10. The molecule has 0 saturated heterocycles. The first kappa shape index (κ1) is 17.5. The lowest BCUT2D eigenvalue weighted by atomic mass is 10.2. The summed E-state index contributed by atoms with van der Waals surface area (Å²) in [5.41, 5.74) is 0.230. The summed E-state index contributed by atoms with van der Waals surface area (Å²) in [7, 11) is 1.16. The fraction of sp³-hybridized carbons (Fsp3) is 0.375. The van der Waals surface area contributed by atoms with Crippen LogP contribution in [0.5, 0.6) is 5.75 Å². The van der Waals surface area contributed by atoms with Crippen molar-refractivity contribution in [3.05, 3.63) is 34.8 Å². The maximum absolute atomic E-state index is 12.6. The van der Waals surface area contributed by atoms with Crippen molar-refractivity contribution >= 4 is 23.0 Å². The molecule has 0 aliphatic rings. The van der Waals surface area contributed by atoms with Gasteiger partial charge in [-0.1, -0.05) is 6.92 Å². The third-order valence-corrected chi connectivity index (χ3v) is 3.25. The van der Waals surface area contributed by atoms with E-state index in [1.807, 2.05) is 6.92 Å². The van der Waals surface area contributed by atoms with Crippen molar-refractivity contribution in [2.24, 2.45) is 0 Å². The minimum absolute atomic E-state index is 0.0373. The van der Waals surface area contributed by atoms with E-state index >= 15 is 0 Å². The Balaban J connectivity index is 2.57. The van der Waals surface area contributed by atoms with Crippen LogP contribution in [0.2, 0.25) is 0 Å². The molecular formula is C16H18N2O6. The molecule has 2 rings (SSSR count). The minimum Gasteiger partial charge on any atom is -0.618 e. The second-order valence-corrected chi connectivity index (χ2v) is 4.79. The summed E-state index contributed by atoms with van der Waals surface area (Å²) in [5.74, 6) is -0.835. The maximum atomic E-state index is 12.6. The average molecular weight is 334 g/mol. The minimum atomic E-state index is -0.858. The van der Waals surface area contributed by atoms with E-state index in [1.165, 1.54) is 6.07 Å². The summed E-state index contributed by atoms with van der Waals surface area (Å²) in [6.45, 7) is 3.61. The number of rotatable bonds is 6. The second-order valence-electron chi connectivity index (χ2n) is 4.79. The molecule has 0 radical (unpaired) electrons. The SMILES string of the molecule is CCOc1ccc2nc(COC(=O)CC)c(C(=O)OC)[n+]([O-])c2c1. The van der Waals surface area contributed by atoms with Crippen molar-refractivity contribution in [2.45, 2.75) is 26.9 Å². The van der Waals surface area contributed by atoms with Gasteiger partial charge in [0.1, 0.15) is 17.9 Å². The molecule has 0 saturated carbocycles. The monoisotopic (exact) mass is 334 g/mol. The quantitative estimate of drug-likeness (QED) is 0.448. The topological polar surface area (TPSA) is 102 Å². The van der Waals surface area contributed by atoms with Gasteiger partial charge in [0.2, 0.25) is 5.52 Å². The highest BCUT2D eigenvalue weighted by molar-refractivity contribution is 5.88. The van der Waals surface area contributed by atoms with Crippen LogP contribution in [0.1, 0.15) is 36.5 Å². The smallest absolute Gasteiger partial charge is 0.406 e. The Morgan fingerprint density at radius 2 is 2.04 bits per heavy atom. The molecule has 0 aliphatic heterocycles. The van der Waals surface area contributed by atoms with Gasteiger partial charge in [0, 0.05) is 6.42 Å². The molecule has 0 amide bonds. The Morgan fingerprint density at radius 1 is 1.29 bits per heavy atom. The van der Waals surface area contributed by atoms with Gasteiger partial charge in [0.05, 0.1) is 19.8 Å². The van der Waals surface area contributed by atoms with E-state index in [4.69, 9.17) is 9.47 Å². The van der Waals surface area contributed by atoms with Gasteiger partial charge in [-0.3, -0.25) is 4.79 Å². The first-order valence-electron chi connectivity index (χ1n) is 7.44. The molecule has 0 unspecified atom stereocenters. The lowest BCUT2D eigenvalue weighted by molar-refractivity contribution is -0.581. The number of aromatic nitrogens is 2. The van der Waals surface area contributed by atoms with Gasteiger partial charge in [0.25, 0.3) is 0 Å². The van der Waals surface area contributed by atoms with Crippen molar-refractivity contribution in [1.82, 2.24) is 4.98 Å². The molecule has 1 heterocycles. The van der Waals surface area contributed by atoms with Crippen molar-refractivity contribution in [1.29, 1.82) is 0 Å². The van der Waals surface area contributed by atoms with E-state index in [2.05, 4.69) is 9.72 Å². The molecule has 0 aliphatic carbocycles. The number of carbonyl (C=O) groups excluding carboxylic acids is 2. The predicted octanol–water partition coefficient (Wildman–Crippen LogP) is 1.51. The first-order chi connectivity index (χ1) is 11.5. The van der Waals surface area contributed by atoms with Crippen LogP contribution in [-0.4, -0.2) is 30.6 Å². The van der Waals surface area contributed by atoms with Crippen LogP contribution in [0.25, 0.3) is 11.0 Å². The van der Waals surface area contributed by atoms with Gasteiger partial charge >= 0.3 is 17.6 Å².